The Kier molecular flexibility index (Phi) is 6.95. The molecule has 8 heteroatoms. The molecule has 1 N–H and O–H groups in total. The average molecular weight is 366 g/mol. The second-order valence-electron chi connectivity index (χ2n) is 5.68. The molecule has 0 bridgehead atoms. The Labute approximate surface area is 149 Å². The number of hydrogen-bond donors (Lipinski definition) is 1. The summed E-state index contributed by atoms with van der Waals surface area (Å²) in [5.41, 5.74) is 0.798. The predicted octanol–water partition coefficient (Wildman–Crippen LogP) is 3.05. The van der Waals surface area contributed by atoms with Crippen molar-refractivity contribution in [2.45, 2.75) is 51.5 Å². The van der Waals surface area contributed by atoms with E-state index in [1.807, 2.05) is 13.8 Å². The van der Waals surface area contributed by atoms with Crippen LogP contribution >= 0.6 is 0 Å². The van der Waals surface area contributed by atoms with E-state index in [1.54, 1.807) is 24.3 Å². The summed E-state index contributed by atoms with van der Waals surface area (Å²) >= 11 is 0. The van der Waals surface area contributed by atoms with Gasteiger partial charge < -0.3 is 9.84 Å². The molecule has 0 saturated heterocycles. The van der Waals surface area contributed by atoms with Gasteiger partial charge in [-0.1, -0.05) is 32.3 Å². The maximum atomic E-state index is 12.4. The fourth-order valence-electron chi connectivity index (χ4n) is 2.43. The molecule has 1 aromatic carbocycles. The van der Waals surface area contributed by atoms with Crippen LogP contribution in [0.5, 0.6) is 0 Å². The summed E-state index contributed by atoms with van der Waals surface area (Å²) in [5, 5.41) is 7.10. The van der Waals surface area contributed by atoms with E-state index < -0.39 is 10.0 Å². The van der Waals surface area contributed by atoms with Crippen LogP contribution < -0.4 is 5.32 Å². The van der Waals surface area contributed by atoms with Crippen LogP contribution in [0, 0.1) is 0 Å². The molecular formula is C17H26N4O3S. The van der Waals surface area contributed by atoms with Crippen molar-refractivity contribution in [2.75, 3.05) is 18.4 Å². The predicted molar refractivity (Wildman–Crippen MR) is 96.8 cm³/mol. The number of aromatic nitrogens is 2. The van der Waals surface area contributed by atoms with Crippen molar-refractivity contribution < 1.29 is 12.9 Å². The smallest absolute Gasteiger partial charge is 0.245 e. The molecule has 25 heavy (non-hydrogen) atoms. The highest BCUT2D eigenvalue weighted by Gasteiger charge is 2.21. The SMILES string of the molecule is CCCCc1noc(CNc2ccc(S(=O)(=O)N(CC)CC)cc2)n1. The minimum Gasteiger partial charge on any atom is -0.376 e. The van der Waals surface area contributed by atoms with Gasteiger partial charge in [0, 0.05) is 25.2 Å². The van der Waals surface area contributed by atoms with Gasteiger partial charge in [-0.15, -0.1) is 0 Å². The van der Waals surface area contributed by atoms with Gasteiger partial charge in [0.1, 0.15) is 0 Å². The van der Waals surface area contributed by atoms with Crippen molar-refractivity contribution >= 4 is 15.7 Å². The van der Waals surface area contributed by atoms with Gasteiger partial charge in [-0.3, -0.25) is 0 Å². The highest BCUT2D eigenvalue weighted by molar-refractivity contribution is 7.89. The Hall–Kier alpha value is -1.93. The van der Waals surface area contributed by atoms with E-state index in [0.29, 0.717) is 30.4 Å². The molecule has 0 amide bonds. The lowest BCUT2D eigenvalue weighted by molar-refractivity contribution is 0.377. The second-order valence-corrected chi connectivity index (χ2v) is 7.61. The zero-order chi connectivity index (χ0) is 18.3. The highest BCUT2D eigenvalue weighted by Crippen LogP contribution is 2.18. The molecule has 0 fully saturated rings. The lowest BCUT2D eigenvalue weighted by Gasteiger charge is -2.18. The molecule has 0 saturated carbocycles. The minimum atomic E-state index is -3.43. The summed E-state index contributed by atoms with van der Waals surface area (Å²) in [6.45, 7) is 7.09. The largest absolute Gasteiger partial charge is 0.376 e. The topological polar surface area (TPSA) is 88.3 Å². The number of hydrogen-bond acceptors (Lipinski definition) is 6. The van der Waals surface area contributed by atoms with Crippen LogP contribution in [-0.4, -0.2) is 36.0 Å². The zero-order valence-electron chi connectivity index (χ0n) is 15.0. The van der Waals surface area contributed by atoms with E-state index in [4.69, 9.17) is 4.52 Å². The van der Waals surface area contributed by atoms with E-state index in [0.717, 1.165) is 30.8 Å². The summed E-state index contributed by atoms with van der Waals surface area (Å²) in [6.07, 6.45) is 2.94. The molecule has 7 nitrogen and oxygen atoms in total. The zero-order valence-corrected chi connectivity index (χ0v) is 15.8. The van der Waals surface area contributed by atoms with Crippen LogP contribution in [0.4, 0.5) is 5.69 Å². The molecule has 0 aliphatic rings. The van der Waals surface area contributed by atoms with Crippen LogP contribution in [0.25, 0.3) is 0 Å². The second kappa shape index (κ2) is 8.96. The summed E-state index contributed by atoms with van der Waals surface area (Å²) in [6, 6.07) is 6.70. The molecule has 0 radical (unpaired) electrons. The molecule has 0 aliphatic heterocycles. The summed E-state index contributed by atoms with van der Waals surface area (Å²) in [4.78, 5) is 4.62. The first-order chi connectivity index (χ1) is 12.0. The number of benzene rings is 1. The lowest BCUT2D eigenvalue weighted by Crippen LogP contribution is -2.30. The molecule has 138 valence electrons. The lowest BCUT2D eigenvalue weighted by atomic mass is 10.2. The first-order valence-corrected chi connectivity index (χ1v) is 10.1. The first kappa shape index (κ1) is 19.4. The number of rotatable bonds is 10. The normalized spacial score (nSPS) is 11.8. The van der Waals surface area contributed by atoms with Gasteiger partial charge in [-0.25, -0.2) is 8.42 Å². The monoisotopic (exact) mass is 366 g/mol. The van der Waals surface area contributed by atoms with E-state index in [2.05, 4.69) is 22.4 Å². The highest BCUT2D eigenvalue weighted by atomic mass is 32.2. The Morgan fingerprint density at radius 3 is 2.40 bits per heavy atom. The molecule has 0 atom stereocenters. The summed E-state index contributed by atoms with van der Waals surface area (Å²) in [7, 11) is -3.43. The molecule has 0 spiro atoms. The van der Waals surface area contributed by atoms with Gasteiger partial charge in [-0.05, 0) is 30.7 Å². The van der Waals surface area contributed by atoms with Crippen LogP contribution in [0.1, 0.15) is 45.3 Å². The average Bonchev–Trinajstić information content (AvgIpc) is 3.07. The Morgan fingerprint density at radius 1 is 1.12 bits per heavy atom. The van der Waals surface area contributed by atoms with Gasteiger partial charge >= 0.3 is 0 Å². The first-order valence-electron chi connectivity index (χ1n) is 8.66. The number of unbranched alkanes of at least 4 members (excludes halogenated alkanes) is 1. The third-order valence-corrected chi connectivity index (χ3v) is 5.97. The van der Waals surface area contributed by atoms with Crippen molar-refractivity contribution in [2.24, 2.45) is 0 Å². The van der Waals surface area contributed by atoms with E-state index in [-0.39, 0.29) is 0 Å². The number of nitrogens with zero attached hydrogens (tertiary/aromatic N) is 3. The molecule has 1 aromatic heterocycles. The molecule has 2 aromatic rings. The van der Waals surface area contributed by atoms with E-state index in [1.165, 1.54) is 4.31 Å². The third-order valence-electron chi connectivity index (χ3n) is 3.91. The number of aryl methyl sites for hydroxylation is 1. The minimum absolute atomic E-state index is 0.293. The third kappa shape index (κ3) is 5.02. The standard InChI is InChI=1S/C17H26N4O3S/c1-4-7-8-16-19-17(24-20-16)13-18-14-9-11-15(12-10-14)25(22,23)21(5-2)6-3/h9-12,18H,4-8,13H2,1-3H3. The van der Waals surface area contributed by atoms with Crippen molar-refractivity contribution in [1.82, 2.24) is 14.4 Å². The molecular weight excluding hydrogens is 340 g/mol. The van der Waals surface area contributed by atoms with Crippen LogP contribution in [0.2, 0.25) is 0 Å². The molecule has 1 heterocycles. The number of nitrogens with one attached hydrogen (secondary N) is 1. The van der Waals surface area contributed by atoms with Crippen molar-refractivity contribution in [1.29, 1.82) is 0 Å². The van der Waals surface area contributed by atoms with Gasteiger partial charge in [0.2, 0.25) is 15.9 Å². The fourth-order valence-corrected chi connectivity index (χ4v) is 3.89. The van der Waals surface area contributed by atoms with Crippen molar-refractivity contribution in [3.05, 3.63) is 36.0 Å². The van der Waals surface area contributed by atoms with Gasteiger partial charge in [0.05, 0.1) is 11.4 Å². The Morgan fingerprint density at radius 2 is 1.80 bits per heavy atom. The maximum Gasteiger partial charge on any atom is 0.245 e. The summed E-state index contributed by atoms with van der Waals surface area (Å²) in [5.74, 6) is 1.24. The van der Waals surface area contributed by atoms with Crippen LogP contribution in [0.15, 0.2) is 33.7 Å². The molecule has 0 aliphatic carbocycles. The number of sulfonamides is 1. The Bertz CT molecular complexity index is 752. The van der Waals surface area contributed by atoms with Crippen LogP contribution in [0.3, 0.4) is 0 Å². The van der Waals surface area contributed by atoms with Crippen molar-refractivity contribution in [3.8, 4) is 0 Å². The number of anilines is 1. The van der Waals surface area contributed by atoms with E-state index >= 15 is 0 Å². The van der Waals surface area contributed by atoms with Gasteiger partial charge in [-0.2, -0.15) is 9.29 Å². The van der Waals surface area contributed by atoms with E-state index in [9.17, 15) is 8.42 Å². The maximum absolute atomic E-state index is 12.4. The van der Waals surface area contributed by atoms with Crippen LogP contribution in [-0.2, 0) is 23.0 Å². The molecule has 2 rings (SSSR count). The van der Waals surface area contributed by atoms with Gasteiger partial charge in [0.15, 0.2) is 5.82 Å². The quantitative estimate of drug-likeness (QED) is 0.695. The molecule has 0 unspecified atom stereocenters. The summed E-state index contributed by atoms with van der Waals surface area (Å²) < 4.78 is 31.5. The fraction of sp³-hybridized carbons (Fsp3) is 0.529. The van der Waals surface area contributed by atoms with Crippen molar-refractivity contribution in [3.63, 3.8) is 0 Å². The Balaban J connectivity index is 1.97. The van der Waals surface area contributed by atoms with Gasteiger partial charge in [0.25, 0.3) is 0 Å².